The molecule has 1 aromatic heterocycles. The topological polar surface area (TPSA) is 81.6 Å². The van der Waals surface area contributed by atoms with Crippen molar-refractivity contribution in [1.82, 2.24) is 10.2 Å². The van der Waals surface area contributed by atoms with Crippen LogP contribution in [0.2, 0.25) is 0 Å². The SMILES string of the molecule is C=Cc1nnc(N(C(=O)OC(C)(C)C)C(=O)OC(C)(C)C)cc1C. The number of ether oxygens (including phenoxy) is 2. The summed E-state index contributed by atoms with van der Waals surface area (Å²) in [5.41, 5.74) is -0.277. The maximum Gasteiger partial charge on any atom is 0.425 e. The number of hydrogen-bond acceptors (Lipinski definition) is 6. The smallest absolute Gasteiger partial charge is 0.425 e. The molecule has 0 aliphatic rings. The highest BCUT2D eigenvalue weighted by atomic mass is 16.6. The van der Waals surface area contributed by atoms with Crippen LogP contribution in [-0.2, 0) is 9.47 Å². The maximum absolute atomic E-state index is 12.5. The monoisotopic (exact) mass is 335 g/mol. The molecule has 7 nitrogen and oxygen atoms in total. The van der Waals surface area contributed by atoms with Gasteiger partial charge < -0.3 is 9.47 Å². The molecule has 1 rings (SSSR count). The number of nitrogens with zero attached hydrogens (tertiary/aromatic N) is 3. The van der Waals surface area contributed by atoms with E-state index in [1.54, 1.807) is 54.5 Å². The van der Waals surface area contributed by atoms with Crippen LogP contribution in [0, 0.1) is 6.92 Å². The van der Waals surface area contributed by atoms with Gasteiger partial charge in [-0.1, -0.05) is 6.58 Å². The Hall–Kier alpha value is -2.44. The lowest BCUT2D eigenvalue weighted by molar-refractivity contribution is 0.0428. The Morgan fingerprint density at radius 1 is 1.04 bits per heavy atom. The standard InChI is InChI=1S/C17H25N3O4/c1-9-12-11(2)10-13(19-18-12)20(14(21)23-16(3,4)5)15(22)24-17(6,7)8/h9-10H,1H2,2-8H3. The van der Waals surface area contributed by atoms with Crippen LogP contribution in [0.25, 0.3) is 6.08 Å². The Kier molecular flexibility index (Phi) is 5.71. The third-order valence-electron chi connectivity index (χ3n) is 2.58. The Bertz CT molecular complexity index is 614. The Morgan fingerprint density at radius 2 is 1.50 bits per heavy atom. The second-order valence-corrected chi connectivity index (χ2v) is 7.27. The molecule has 0 aliphatic carbocycles. The Labute approximate surface area is 142 Å². The quantitative estimate of drug-likeness (QED) is 0.809. The van der Waals surface area contributed by atoms with Crippen molar-refractivity contribution in [3.8, 4) is 0 Å². The molecule has 0 bridgehead atoms. The highest BCUT2D eigenvalue weighted by molar-refractivity contribution is 6.08. The molecule has 1 heterocycles. The molecule has 0 saturated carbocycles. The molecule has 0 spiro atoms. The van der Waals surface area contributed by atoms with Crippen LogP contribution in [0.5, 0.6) is 0 Å². The number of aryl methyl sites for hydroxylation is 1. The summed E-state index contributed by atoms with van der Waals surface area (Å²) < 4.78 is 10.6. The molecule has 0 saturated heterocycles. The second kappa shape index (κ2) is 6.98. The van der Waals surface area contributed by atoms with Crippen molar-refractivity contribution in [1.29, 1.82) is 0 Å². The number of anilines is 1. The van der Waals surface area contributed by atoms with Gasteiger partial charge >= 0.3 is 12.2 Å². The van der Waals surface area contributed by atoms with Gasteiger partial charge in [0.15, 0.2) is 5.82 Å². The van der Waals surface area contributed by atoms with E-state index in [-0.39, 0.29) is 5.82 Å². The van der Waals surface area contributed by atoms with E-state index in [0.717, 1.165) is 4.90 Å². The van der Waals surface area contributed by atoms with Gasteiger partial charge in [-0.25, -0.2) is 9.59 Å². The number of imide groups is 1. The fourth-order valence-corrected chi connectivity index (χ4v) is 1.67. The first-order valence-electron chi connectivity index (χ1n) is 7.57. The molecule has 0 radical (unpaired) electrons. The molecule has 132 valence electrons. The fraction of sp³-hybridized carbons (Fsp3) is 0.529. The van der Waals surface area contributed by atoms with Crippen molar-refractivity contribution in [2.75, 3.05) is 4.90 Å². The van der Waals surface area contributed by atoms with E-state index in [4.69, 9.17) is 9.47 Å². The van der Waals surface area contributed by atoms with Crippen LogP contribution in [0.1, 0.15) is 52.8 Å². The number of carbonyl (C=O) groups is 2. The molecule has 2 amide bonds. The summed E-state index contributed by atoms with van der Waals surface area (Å²) in [7, 11) is 0. The minimum atomic E-state index is -0.878. The summed E-state index contributed by atoms with van der Waals surface area (Å²) in [5.74, 6) is 0.0293. The van der Waals surface area contributed by atoms with E-state index < -0.39 is 23.4 Å². The molecule has 0 atom stereocenters. The zero-order valence-corrected chi connectivity index (χ0v) is 15.3. The van der Waals surface area contributed by atoms with E-state index in [1.807, 2.05) is 0 Å². The third kappa shape index (κ3) is 5.64. The summed E-state index contributed by atoms with van der Waals surface area (Å²) in [5, 5.41) is 7.87. The molecule has 0 aliphatic heterocycles. The molecular weight excluding hydrogens is 310 g/mol. The van der Waals surface area contributed by atoms with Gasteiger partial charge in [0.2, 0.25) is 0 Å². The minimum Gasteiger partial charge on any atom is -0.443 e. The zero-order chi connectivity index (χ0) is 18.7. The molecule has 24 heavy (non-hydrogen) atoms. The van der Waals surface area contributed by atoms with Gasteiger partial charge in [-0.05, 0) is 66.2 Å². The Balaban J connectivity index is 3.27. The predicted molar refractivity (Wildman–Crippen MR) is 91.8 cm³/mol. The Morgan fingerprint density at radius 3 is 1.83 bits per heavy atom. The molecule has 7 heteroatoms. The van der Waals surface area contributed by atoms with Crippen LogP contribution < -0.4 is 4.90 Å². The molecule has 0 N–H and O–H groups in total. The summed E-state index contributed by atoms with van der Waals surface area (Å²) in [6, 6.07) is 1.55. The second-order valence-electron chi connectivity index (χ2n) is 7.27. The van der Waals surface area contributed by atoms with E-state index in [1.165, 1.54) is 6.08 Å². The number of hydrogen-bond donors (Lipinski definition) is 0. The van der Waals surface area contributed by atoms with Crippen molar-refractivity contribution in [3.63, 3.8) is 0 Å². The van der Waals surface area contributed by atoms with Gasteiger partial charge in [0, 0.05) is 0 Å². The normalized spacial score (nSPS) is 11.6. The van der Waals surface area contributed by atoms with Crippen molar-refractivity contribution in [3.05, 3.63) is 23.9 Å². The first-order chi connectivity index (χ1) is 10.8. The summed E-state index contributed by atoms with van der Waals surface area (Å²) in [4.78, 5) is 25.7. The number of aromatic nitrogens is 2. The van der Waals surface area contributed by atoms with Crippen molar-refractivity contribution < 1.29 is 19.1 Å². The molecule has 1 aromatic rings. The van der Waals surface area contributed by atoms with E-state index >= 15 is 0 Å². The summed E-state index contributed by atoms with van der Waals surface area (Å²) in [6.45, 7) is 15.6. The lowest BCUT2D eigenvalue weighted by atomic mass is 10.2. The van der Waals surface area contributed by atoms with E-state index in [9.17, 15) is 9.59 Å². The zero-order valence-electron chi connectivity index (χ0n) is 15.3. The van der Waals surface area contributed by atoms with Crippen molar-refractivity contribution in [2.45, 2.75) is 59.7 Å². The first-order valence-corrected chi connectivity index (χ1v) is 7.57. The van der Waals surface area contributed by atoms with Crippen molar-refractivity contribution in [2.24, 2.45) is 0 Å². The lowest BCUT2D eigenvalue weighted by Gasteiger charge is -2.27. The molecule has 0 fully saturated rings. The average molecular weight is 335 g/mol. The van der Waals surface area contributed by atoms with Crippen LogP contribution in [0.3, 0.4) is 0 Å². The summed E-state index contributed by atoms with van der Waals surface area (Å²) >= 11 is 0. The van der Waals surface area contributed by atoms with Crippen LogP contribution in [0.4, 0.5) is 15.4 Å². The molecular formula is C17H25N3O4. The first kappa shape index (κ1) is 19.6. The predicted octanol–water partition coefficient (Wildman–Crippen LogP) is 4.10. The molecule has 0 aromatic carbocycles. The van der Waals surface area contributed by atoms with E-state index in [0.29, 0.717) is 11.3 Å². The summed E-state index contributed by atoms with van der Waals surface area (Å²) in [6.07, 6.45) is -0.217. The van der Waals surface area contributed by atoms with Gasteiger partial charge in [-0.15, -0.1) is 10.2 Å². The van der Waals surface area contributed by atoms with Crippen molar-refractivity contribution >= 4 is 24.1 Å². The van der Waals surface area contributed by atoms with Gasteiger partial charge in [0.1, 0.15) is 11.2 Å². The third-order valence-corrected chi connectivity index (χ3v) is 2.58. The number of rotatable bonds is 2. The van der Waals surface area contributed by atoms with E-state index in [2.05, 4.69) is 16.8 Å². The van der Waals surface area contributed by atoms with Crippen LogP contribution in [-0.4, -0.2) is 33.6 Å². The lowest BCUT2D eigenvalue weighted by Crippen LogP contribution is -2.44. The van der Waals surface area contributed by atoms with Crippen LogP contribution >= 0.6 is 0 Å². The van der Waals surface area contributed by atoms with Gasteiger partial charge in [-0.3, -0.25) is 0 Å². The number of carbonyl (C=O) groups excluding carboxylic acids is 2. The largest absolute Gasteiger partial charge is 0.443 e. The minimum absolute atomic E-state index is 0.0293. The van der Waals surface area contributed by atoms with Gasteiger partial charge in [0.05, 0.1) is 5.69 Å². The number of amides is 2. The van der Waals surface area contributed by atoms with Crippen LogP contribution in [0.15, 0.2) is 12.6 Å². The van der Waals surface area contributed by atoms with Gasteiger partial charge in [0.25, 0.3) is 0 Å². The average Bonchev–Trinajstić information content (AvgIpc) is 2.34. The fourth-order valence-electron chi connectivity index (χ4n) is 1.67. The highest BCUT2D eigenvalue weighted by Crippen LogP contribution is 2.21. The highest BCUT2D eigenvalue weighted by Gasteiger charge is 2.34. The maximum atomic E-state index is 12.5. The van der Waals surface area contributed by atoms with Gasteiger partial charge in [-0.2, -0.15) is 4.90 Å². The molecule has 0 unspecified atom stereocenters.